The molecule has 1 aliphatic heterocycles. The predicted octanol–water partition coefficient (Wildman–Crippen LogP) is 5.81. The van der Waals surface area contributed by atoms with Gasteiger partial charge in [0.1, 0.15) is 11.4 Å². The van der Waals surface area contributed by atoms with Gasteiger partial charge in [0.25, 0.3) is 5.91 Å². The van der Waals surface area contributed by atoms with Crippen LogP contribution in [0.1, 0.15) is 42.7 Å². The Kier molecular flexibility index (Phi) is 7.45. The maximum atomic E-state index is 13.7. The molecule has 218 valence electrons. The van der Waals surface area contributed by atoms with Gasteiger partial charge in [-0.05, 0) is 45.0 Å². The zero-order valence-corrected chi connectivity index (χ0v) is 24.9. The Balaban J connectivity index is 1.27. The topological polar surface area (TPSA) is 132 Å². The van der Waals surface area contributed by atoms with Crippen LogP contribution in [-0.2, 0) is 4.74 Å². The number of pyridine rings is 2. The average molecular weight is 596 g/mol. The lowest BCUT2D eigenvalue weighted by Gasteiger charge is -2.39. The quantitative estimate of drug-likeness (QED) is 0.258. The summed E-state index contributed by atoms with van der Waals surface area (Å²) in [5.41, 5.74) is 3.99. The van der Waals surface area contributed by atoms with Gasteiger partial charge in [0.2, 0.25) is 0 Å². The third kappa shape index (κ3) is 6.00. The van der Waals surface area contributed by atoms with Crippen LogP contribution in [0.4, 0.5) is 9.93 Å². The van der Waals surface area contributed by atoms with Crippen molar-refractivity contribution >= 4 is 38.9 Å². The largest absolute Gasteiger partial charge is 0.496 e. The van der Waals surface area contributed by atoms with Crippen LogP contribution in [0.15, 0.2) is 67.3 Å². The summed E-state index contributed by atoms with van der Waals surface area (Å²) >= 11 is 1.24. The second-order valence-corrected chi connectivity index (χ2v) is 12.0. The van der Waals surface area contributed by atoms with Crippen LogP contribution < -0.4 is 10.1 Å². The zero-order valence-electron chi connectivity index (χ0n) is 24.1. The number of benzene rings is 1. The van der Waals surface area contributed by atoms with E-state index in [1.54, 1.807) is 36.8 Å². The lowest BCUT2D eigenvalue weighted by Crippen LogP contribution is -2.50. The van der Waals surface area contributed by atoms with Gasteiger partial charge in [0.05, 0.1) is 24.6 Å². The van der Waals surface area contributed by atoms with Gasteiger partial charge in [-0.1, -0.05) is 29.5 Å². The Morgan fingerprint density at radius 1 is 1.00 bits per heavy atom. The number of methoxy groups -OCH3 is 1. The number of ether oxygens (including phenoxy) is 2. The maximum Gasteiger partial charge on any atom is 0.410 e. The number of hydrogen-bond acceptors (Lipinski definition) is 10. The molecular weight excluding hydrogens is 566 g/mol. The third-order valence-electron chi connectivity index (χ3n) is 6.84. The summed E-state index contributed by atoms with van der Waals surface area (Å²) in [5, 5.41) is 3.27. The zero-order chi connectivity index (χ0) is 30.1. The van der Waals surface area contributed by atoms with E-state index in [2.05, 4.69) is 30.2 Å². The van der Waals surface area contributed by atoms with Crippen molar-refractivity contribution in [1.82, 2.24) is 29.8 Å². The standard InChI is InChI=1S/C31H29N7O4S/c1-31(2,3)42-30(40)38-16-19(17-38)23-13-21(20-7-5-6-8-25(20)41-4)22(14-33-23)27(39)37-29-36-26-28(43-29)35-24(15-34-26)18-9-11-32-12-10-18/h5-15,19H,16-17H2,1-4H3,(H,34,36,37,39). The number of carbonyl (C=O) groups excluding carboxylic acids is 2. The molecule has 1 saturated heterocycles. The Morgan fingerprint density at radius 3 is 2.51 bits per heavy atom. The molecule has 2 amide bonds. The molecule has 0 radical (unpaired) electrons. The van der Waals surface area contributed by atoms with Gasteiger partial charge in [-0.3, -0.25) is 20.1 Å². The fourth-order valence-electron chi connectivity index (χ4n) is 4.71. The average Bonchev–Trinajstić information content (AvgIpc) is 3.37. The van der Waals surface area contributed by atoms with Gasteiger partial charge in [-0.15, -0.1) is 0 Å². The fourth-order valence-corrected chi connectivity index (χ4v) is 5.50. The number of nitrogens with one attached hydrogen (secondary N) is 1. The van der Waals surface area contributed by atoms with Crippen molar-refractivity contribution in [1.29, 1.82) is 0 Å². The van der Waals surface area contributed by atoms with Crippen LogP contribution in [0.25, 0.3) is 32.9 Å². The summed E-state index contributed by atoms with van der Waals surface area (Å²) in [6.45, 7) is 6.48. The molecule has 6 rings (SSSR count). The minimum absolute atomic E-state index is 0.00842. The van der Waals surface area contributed by atoms with E-state index in [-0.39, 0.29) is 17.9 Å². The molecule has 5 heterocycles. The first-order valence-electron chi connectivity index (χ1n) is 13.6. The van der Waals surface area contributed by atoms with Crippen molar-refractivity contribution in [3.63, 3.8) is 0 Å². The number of anilines is 1. The Labute approximate surface area is 252 Å². The first-order chi connectivity index (χ1) is 20.7. The molecule has 43 heavy (non-hydrogen) atoms. The number of thiazole rings is 1. The third-order valence-corrected chi connectivity index (χ3v) is 7.69. The molecular formula is C31H29N7O4S. The fraction of sp³-hybridized carbons (Fsp3) is 0.258. The molecule has 1 aromatic carbocycles. The summed E-state index contributed by atoms with van der Waals surface area (Å²) in [7, 11) is 1.59. The molecule has 4 aromatic heterocycles. The van der Waals surface area contributed by atoms with Crippen molar-refractivity contribution in [2.75, 3.05) is 25.5 Å². The van der Waals surface area contributed by atoms with Crippen molar-refractivity contribution in [2.24, 2.45) is 0 Å². The SMILES string of the molecule is COc1ccccc1-c1cc(C2CN(C(=O)OC(C)(C)C)C2)ncc1C(=O)Nc1nc2ncc(-c3ccncc3)nc2s1. The van der Waals surface area contributed by atoms with Gasteiger partial charge in [0.15, 0.2) is 15.6 Å². The monoisotopic (exact) mass is 595 g/mol. The summed E-state index contributed by atoms with van der Waals surface area (Å²) in [5.74, 6) is 0.251. The van der Waals surface area contributed by atoms with Crippen LogP contribution >= 0.6 is 11.3 Å². The first-order valence-corrected chi connectivity index (χ1v) is 14.5. The number of hydrogen-bond donors (Lipinski definition) is 1. The van der Waals surface area contributed by atoms with E-state index in [1.165, 1.54) is 11.3 Å². The molecule has 1 N–H and O–H groups in total. The number of rotatable bonds is 6. The Bertz CT molecular complexity index is 1810. The van der Waals surface area contributed by atoms with Crippen LogP contribution in [0.2, 0.25) is 0 Å². The maximum absolute atomic E-state index is 13.7. The minimum atomic E-state index is -0.566. The van der Waals surface area contributed by atoms with Crippen molar-refractivity contribution < 1.29 is 19.1 Å². The highest BCUT2D eigenvalue weighted by atomic mass is 32.1. The molecule has 0 aliphatic carbocycles. The second kappa shape index (κ2) is 11.4. The molecule has 11 nitrogen and oxygen atoms in total. The van der Waals surface area contributed by atoms with Gasteiger partial charge in [-0.25, -0.2) is 14.8 Å². The molecule has 1 fully saturated rings. The van der Waals surface area contributed by atoms with E-state index in [1.807, 2.05) is 63.2 Å². The number of likely N-dealkylation sites (tertiary alicyclic amines) is 1. The number of para-hydroxylation sites is 1. The normalized spacial score (nSPS) is 13.4. The van der Waals surface area contributed by atoms with E-state index < -0.39 is 5.60 Å². The number of amides is 2. The van der Waals surface area contributed by atoms with Gasteiger partial charge in [-0.2, -0.15) is 4.98 Å². The Morgan fingerprint density at radius 2 is 1.77 bits per heavy atom. The molecule has 0 bridgehead atoms. The van der Waals surface area contributed by atoms with Crippen LogP contribution in [0.5, 0.6) is 5.75 Å². The van der Waals surface area contributed by atoms with Crippen molar-refractivity contribution in [3.05, 3.63) is 78.5 Å². The lowest BCUT2D eigenvalue weighted by molar-refractivity contribution is 0.00787. The predicted molar refractivity (Wildman–Crippen MR) is 163 cm³/mol. The van der Waals surface area contributed by atoms with E-state index >= 15 is 0 Å². The smallest absolute Gasteiger partial charge is 0.410 e. The summed E-state index contributed by atoms with van der Waals surface area (Å²) in [4.78, 5) is 50.6. The lowest BCUT2D eigenvalue weighted by atomic mass is 9.92. The molecule has 0 saturated carbocycles. The van der Waals surface area contributed by atoms with E-state index in [9.17, 15) is 9.59 Å². The van der Waals surface area contributed by atoms with E-state index in [0.717, 1.165) is 16.8 Å². The number of aromatic nitrogens is 5. The van der Waals surface area contributed by atoms with E-state index in [4.69, 9.17) is 9.47 Å². The van der Waals surface area contributed by atoms with E-state index in [0.29, 0.717) is 51.3 Å². The number of carbonyl (C=O) groups is 2. The molecule has 5 aromatic rings. The molecule has 1 aliphatic rings. The summed E-state index contributed by atoms with van der Waals surface area (Å²) in [6.07, 6.45) is 6.25. The first kappa shape index (κ1) is 28.2. The highest BCUT2D eigenvalue weighted by Gasteiger charge is 2.36. The second-order valence-electron chi connectivity index (χ2n) is 11.0. The van der Waals surface area contributed by atoms with Crippen LogP contribution in [-0.4, -0.2) is 67.6 Å². The van der Waals surface area contributed by atoms with Crippen molar-refractivity contribution in [2.45, 2.75) is 32.3 Å². The molecule has 12 heteroatoms. The summed E-state index contributed by atoms with van der Waals surface area (Å²) in [6, 6.07) is 13.1. The van der Waals surface area contributed by atoms with Gasteiger partial charge >= 0.3 is 6.09 Å². The Hall–Kier alpha value is -4.97. The van der Waals surface area contributed by atoms with Crippen LogP contribution in [0, 0.1) is 0 Å². The molecule has 0 unspecified atom stereocenters. The van der Waals surface area contributed by atoms with Crippen LogP contribution in [0.3, 0.4) is 0 Å². The number of nitrogens with zero attached hydrogens (tertiary/aromatic N) is 6. The molecule has 0 atom stereocenters. The molecule has 0 spiro atoms. The van der Waals surface area contributed by atoms with Crippen molar-refractivity contribution in [3.8, 4) is 28.1 Å². The minimum Gasteiger partial charge on any atom is -0.496 e. The number of fused-ring (bicyclic) bond motifs is 1. The van der Waals surface area contributed by atoms with Gasteiger partial charge in [0, 0.05) is 60.0 Å². The highest BCUT2D eigenvalue weighted by Crippen LogP contribution is 2.36. The van der Waals surface area contributed by atoms with Gasteiger partial charge < -0.3 is 14.4 Å². The summed E-state index contributed by atoms with van der Waals surface area (Å²) < 4.78 is 11.1. The highest BCUT2D eigenvalue weighted by molar-refractivity contribution is 7.21.